The first-order valence-electron chi connectivity index (χ1n) is 4.20. The van der Waals surface area contributed by atoms with Gasteiger partial charge in [0.25, 0.3) is 0 Å². The van der Waals surface area contributed by atoms with Gasteiger partial charge in [-0.3, -0.25) is 4.57 Å². The molecule has 1 rings (SSSR count). The topological polar surface area (TPSA) is 30.7 Å². The van der Waals surface area contributed by atoms with Crippen molar-refractivity contribution in [3.05, 3.63) is 11.6 Å². The maximum Gasteiger partial charge on any atom is 0.225 e. The molecule has 0 saturated heterocycles. The van der Waals surface area contributed by atoms with E-state index in [0.717, 1.165) is 12.8 Å². The second kappa shape index (κ2) is 3.44. The normalized spacial score (nSPS) is 12.0. The van der Waals surface area contributed by atoms with E-state index in [4.69, 9.17) is 11.6 Å². The Morgan fingerprint density at radius 1 is 1.50 bits per heavy atom. The van der Waals surface area contributed by atoms with Gasteiger partial charge in [0.05, 0.1) is 0 Å². The van der Waals surface area contributed by atoms with Crippen molar-refractivity contribution >= 4 is 11.6 Å². The molecule has 0 radical (unpaired) electrons. The molecule has 68 valence electrons. The number of rotatable bonds is 3. The SMILES string of the molecule is CCC(C)(CC)n1cnnc1Cl. The van der Waals surface area contributed by atoms with Crippen molar-refractivity contribution < 1.29 is 0 Å². The zero-order valence-corrected chi connectivity index (χ0v) is 8.47. The lowest BCUT2D eigenvalue weighted by molar-refractivity contribution is 0.293. The Labute approximate surface area is 77.8 Å². The van der Waals surface area contributed by atoms with Crippen LogP contribution in [0.25, 0.3) is 0 Å². The van der Waals surface area contributed by atoms with Crippen molar-refractivity contribution in [1.29, 1.82) is 0 Å². The molecular formula is C8H14ClN3. The molecule has 1 heterocycles. The molecule has 0 N–H and O–H groups in total. The maximum atomic E-state index is 5.87. The molecular weight excluding hydrogens is 174 g/mol. The number of hydrogen-bond acceptors (Lipinski definition) is 2. The molecule has 0 aliphatic carbocycles. The van der Waals surface area contributed by atoms with Gasteiger partial charge in [-0.2, -0.15) is 0 Å². The molecule has 0 aliphatic heterocycles. The fraction of sp³-hybridized carbons (Fsp3) is 0.750. The summed E-state index contributed by atoms with van der Waals surface area (Å²) in [5.41, 5.74) is 0.0561. The Kier molecular flexibility index (Phi) is 2.73. The van der Waals surface area contributed by atoms with Crippen LogP contribution in [0.15, 0.2) is 6.33 Å². The number of halogens is 1. The van der Waals surface area contributed by atoms with Crippen LogP contribution in [0.4, 0.5) is 0 Å². The molecule has 0 spiro atoms. The average molecular weight is 188 g/mol. The molecule has 1 aromatic rings. The summed E-state index contributed by atoms with van der Waals surface area (Å²) in [5, 5.41) is 8.00. The number of hydrogen-bond donors (Lipinski definition) is 0. The van der Waals surface area contributed by atoms with Gasteiger partial charge in [0.1, 0.15) is 6.33 Å². The Morgan fingerprint density at radius 3 is 2.42 bits per heavy atom. The molecule has 0 atom stereocenters. The van der Waals surface area contributed by atoms with Gasteiger partial charge >= 0.3 is 0 Å². The minimum Gasteiger partial charge on any atom is -0.298 e. The Hall–Kier alpha value is -0.570. The molecule has 0 unspecified atom stereocenters. The third kappa shape index (κ3) is 1.46. The third-order valence-electron chi connectivity index (χ3n) is 2.61. The fourth-order valence-electron chi connectivity index (χ4n) is 1.17. The van der Waals surface area contributed by atoms with Gasteiger partial charge in [0.15, 0.2) is 0 Å². The highest BCUT2D eigenvalue weighted by Crippen LogP contribution is 2.26. The standard InChI is InChI=1S/C8H14ClN3/c1-4-8(3,5-2)12-6-10-11-7(12)9/h6H,4-5H2,1-3H3. The first-order valence-corrected chi connectivity index (χ1v) is 4.58. The smallest absolute Gasteiger partial charge is 0.225 e. The van der Waals surface area contributed by atoms with Crippen molar-refractivity contribution in [3.8, 4) is 0 Å². The minimum absolute atomic E-state index is 0.0561. The highest BCUT2D eigenvalue weighted by atomic mass is 35.5. The van der Waals surface area contributed by atoms with Crippen LogP contribution in [0.2, 0.25) is 5.28 Å². The second-order valence-electron chi connectivity index (χ2n) is 3.17. The molecule has 0 fully saturated rings. The largest absolute Gasteiger partial charge is 0.298 e. The number of nitrogens with zero attached hydrogens (tertiary/aromatic N) is 3. The van der Waals surface area contributed by atoms with Crippen molar-refractivity contribution in [3.63, 3.8) is 0 Å². The Balaban J connectivity index is 3.02. The third-order valence-corrected chi connectivity index (χ3v) is 2.87. The lowest BCUT2D eigenvalue weighted by Gasteiger charge is -2.28. The van der Waals surface area contributed by atoms with Crippen molar-refractivity contribution in [1.82, 2.24) is 14.8 Å². The van der Waals surface area contributed by atoms with Crippen molar-refractivity contribution in [2.45, 2.75) is 39.2 Å². The van der Waals surface area contributed by atoms with Crippen LogP contribution in [0.3, 0.4) is 0 Å². The van der Waals surface area contributed by atoms with Gasteiger partial charge in [0, 0.05) is 5.54 Å². The van der Waals surface area contributed by atoms with Gasteiger partial charge in [-0.15, -0.1) is 10.2 Å². The second-order valence-corrected chi connectivity index (χ2v) is 3.51. The van der Waals surface area contributed by atoms with Gasteiger partial charge in [-0.1, -0.05) is 13.8 Å². The van der Waals surface area contributed by atoms with E-state index in [1.165, 1.54) is 0 Å². The summed E-state index contributed by atoms with van der Waals surface area (Å²) < 4.78 is 1.93. The highest BCUT2D eigenvalue weighted by Gasteiger charge is 2.23. The predicted octanol–water partition coefficient (Wildman–Crippen LogP) is 2.47. The molecule has 3 nitrogen and oxygen atoms in total. The summed E-state index contributed by atoms with van der Waals surface area (Å²) in [6.45, 7) is 6.43. The van der Waals surface area contributed by atoms with E-state index in [2.05, 4.69) is 31.0 Å². The van der Waals surface area contributed by atoms with E-state index in [0.29, 0.717) is 5.28 Å². The van der Waals surface area contributed by atoms with Gasteiger partial charge < -0.3 is 0 Å². The minimum atomic E-state index is 0.0561. The quantitative estimate of drug-likeness (QED) is 0.728. The molecule has 0 saturated carbocycles. The van der Waals surface area contributed by atoms with Crippen LogP contribution in [0, 0.1) is 0 Å². The molecule has 0 aromatic carbocycles. The van der Waals surface area contributed by atoms with Crippen molar-refractivity contribution in [2.24, 2.45) is 0 Å². The van der Waals surface area contributed by atoms with E-state index < -0.39 is 0 Å². The Morgan fingerprint density at radius 2 is 2.08 bits per heavy atom. The zero-order chi connectivity index (χ0) is 9.19. The van der Waals surface area contributed by atoms with Gasteiger partial charge in [-0.25, -0.2) is 0 Å². The summed E-state index contributed by atoms with van der Waals surface area (Å²) in [7, 11) is 0. The monoisotopic (exact) mass is 187 g/mol. The van der Waals surface area contributed by atoms with Crippen LogP contribution in [0.5, 0.6) is 0 Å². The molecule has 12 heavy (non-hydrogen) atoms. The fourth-order valence-corrected chi connectivity index (χ4v) is 1.47. The Bertz CT molecular complexity index is 253. The molecule has 0 bridgehead atoms. The molecule has 0 amide bonds. The molecule has 0 aliphatic rings. The van der Waals surface area contributed by atoms with E-state index in [-0.39, 0.29) is 5.54 Å². The highest BCUT2D eigenvalue weighted by molar-refractivity contribution is 6.28. The van der Waals surface area contributed by atoms with Crippen LogP contribution in [-0.4, -0.2) is 14.8 Å². The zero-order valence-electron chi connectivity index (χ0n) is 7.71. The van der Waals surface area contributed by atoms with E-state index in [9.17, 15) is 0 Å². The predicted molar refractivity (Wildman–Crippen MR) is 49.3 cm³/mol. The average Bonchev–Trinajstić information content (AvgIpc) is 2.51. The van der Waals surface area contributed by atoms with Gasteiger partial charge in [-0.05, 0) is 31.4 Å². The summed E-state index contributed by atoms with van der Waals surface area (Å²) in [4.78, 5) is 0. The van der Waals surface area contributed by atoms with Gasteiger partial charge in [0.2, 0.25) is 5.28 Å². The first kappa shape index (κ1) is 9.52. The van der Waals surface area contributed by atoms with Crippen LogP contribution >= 0.6 is 11.6 Å². The maximum absolute atomic E-state index is 5.87. The van der Waals surface area contributed by atoms with Crippen LogP contribution in [0.1, 0.15) is 33.6 Å². The van der Waals surface area contributed by atoms with E-state index in [1.807, 2.05) is 4.57 Å². The summed E-state index contributed by atoms with van der Waals surface area (Å²) in [6, 6.07) is 0. The van der Waals surface area contributed by atoms with Crippen LogP contribution in [-0.2, 0) is 5.54 Å². The summed E-state index contributed by atoms with van der Waals surface area (Å²) in [5.74, 6) is 0. The lowest BCUT2D eigenvalue weighted by Crippen LogP contribution is -2.27. The molecule has 1 aromatic heterocycles. The number of aromatic nitrogens is 3. The molecule has 4 heteroatoms. The van der Waals surface area contributed by atoms with E-state index >= 15 is 0 Å². The van der Waals surface area contributed by atoms with Crippen molar-refractivity contribution in [2.75, 3.05) is 0 Å². The summed E-state index contributed by atoms with van der Waals surface area (Å²) in [6.07, 6.45) is 3.75. The van der Waals surface area contributed by atoms with E-state index in [1.54, 1.807) is 6.33 Å². The van der Waals surface area contributed by atoms with Crippen LogP contribution < -0.4 is 0 Å². The lowest BCUT2D eigenvalue weighted by atomic mass is 9.95. The first-order chi connectivity index (χ1) is 5.64. The summed E-state index contributed by atoms with van der Waals surface area (Å²) >= 11 is 5.87.